The lowest BCUT2D eigenvalue weighted by molar-refractivity contribution is -0.902. The number of rotatable bonds is 5. The molecule has 1 fully saturated rings. The van der Waals surface area contributed by atoms with E-state index in [1.807, 2.05) is 9.58 Å². The highest BCUT2D eigenvalue weighted by Crippen LogP contribution is 2.31. The molecular formula is C23H35N4O+. The number of carbonyl (C=O) groups is 1. The molecule has 1 amide bonds. The largest absolute Gasteiger partial charge is 0.332 e. The number of hydrogen-bond acceptors (Lipinski definition) is 2. The quantitative estimate of drug-likeness (QED) is 0.863. The normalized spacial score (nSPS) is 15.6. The molecule has 28 heavy (non-hydrogen) atoms. The molecule has 0 unspecified atom stereocenters. The average Bonchev–Trinajstić information content (AvgIpc) is 3.09. The molecule has 5 nitrogen and oxygen atoms in total. The van der Waals surface area contributed by atoms with E-state index in [2.05, 4.69) is 65.8 Å². The molecule has 152 valence electrons. The fourth-order valence-electron chi connectivity index (χ4n) is 4.03. The lowest BCUT2D eigenvalue weighted by Gasteiger charge is -2.32. The summed E-state index contributed by atoms with van der Waals surface area (Å²) in [6.07, 6.45) is 0. The predicted molar refractivity (Wildman–Crippen MR) is 114 cm³/mol. The number of aromatic nitrogens is 2. The van der Waals surface area contributed by atoms with Crippen LogP contribution in [0.25, 0.3) is 5.69 Å². The number of quaternary nitrogens is 1. The molecule has 0 atom stereocenters. The zero-order chi connectivity index (χ0) is 20.4. The molecule has 2 heterocycles. The number of carbonyl (C=O) groups excluding carboxylic acids is 1. The van der Waals surface area contributed by atoms with Gasteiger partial charge in [0.15, 0.2) is 0 Å². The minimum atomic E-state index is 0.154. The van der Waals surface area contributed by atoms with E-state index < -0.39 is 0 Å². The Balaban J connectivity index is 2.06. The molecule has 1 aromatic heterocycles. The van der Waals surface area contributed by atoms with Crippen LogP contribution in [0.2, 0.25) is 0 Å². The summed E-state index contributed by atoms with van der Waals surface area (Å²) in [5.74, 6) is 0.564. The molecule has 0 spiro atoms. The second-order valence-electron chi connectivity index (χ2n) is 8.60. The summed E-state index contributed by atoms with van der Waals surface area (Å²) in [5, 5.41) is 4.94. The zero-order valence-electron chi connectivity index (χ0n) is 18.2. The van der Waals surface area contributed by atoms with Gasteiger partial charge >= 0.3 is 0 Å². The third-order valence-corrected chi connectivity index (χ3v) is 5.79. The molecule has 0 saturated carbocycles. The summed E-state index contributed by atoms with van der Waals surface area (Å²) in [4.78, 5) is 17.2. The van der Waals surface area contributed by atoms with Crippen molar-refractivity contribution < 1.29 is 9.69 Å². The van der Waals surface area contributed by atoms with Gasteiger partial charge in [-0.05, 0) is 37.8 Å². The van der Waals surface area contributed by atoms with E-state index >= 15 is 0 Å². The van der Waals surface area contributed by atoms with Crippen molar-refractivity contribution in [3.8, 4) is 5.69 Å². The Labute approximate surface area is 169 Å². The van der Waals surface area contributed by atoms with Crippen LogP contribution in [0.4, 0.5) is 0 Å². The van der Waals surface area contributed by atoms with Crippen LogP contribution in [0, 0.1) is 6.92 Å². The first-order chi connectivity index (χ1) is 13.3. The van der Waals surface area contributed by atoms with E-state index in [0.29, 0.717) is 0 Å². The van der Waals surface area contributed by atoms with Gasteiger partial charge in [-0.3, -0.25) is 4.79 Å². The van der Waals surface area contributed by atoms with E-state index in [1.54, 1.807) is 4.90 Å². The van der Waals surface area contributed by atoms with Crippen LogP contribution in [0.5, 0.6) is 0 Å². The van der Waals surface area contributed by atoms with Gasteiger partial charge in [-0.2, -0.15) is 5.10 Å². The maximum Gasteiger partial charge on any atom is 0.258 e. The number of hydrogen-bond donors (Lipinski definition) is 1. The maximum absolute atomic E-state index is 13.6. The Hall–Kier alpha value is -2.14. The summed E-state index contributed by atoms with van der Waals surface area (Å²) >= 11 is 0. The third kappa shape index (κ3) is 4.00. The Morgan fingerprint density at radius 3 is 2.18 bits per heavy atom. The van der Waals surface area contributed by atoms with Crippen LogP contribution in [0.3, 0.4) is 0 Å². The van der Waals surface area contributed by atoms with Crippen LogP contribution >= 0.6 is 0 Å². The second kappa shape index (κ2) is 8.48. The van der Waals surface area contributed by atoms with Crippen molar-refractivity contribution in [3.05, 3.63) is 46.8 Å². The Morgan fingerprint density at radius 1 is 1.07 bits per heavy atom. The molecule has 2 aromatic rings. The van der Waals surface area contributed by atoms with Gasteiger partial charge in [0.25, 0.3) is 5.91 Å². The number of benzene rings is 1. The zero-order valence-corrected chi connectivity index (χ0v) is 18.2. The number of nitrogens with zero attached hydrogens (tertiary/aromatic N) is 3. The van der Waals surface area contributed by atoms with Crippen molar-refractivity contribution in [2.75, 3.05) is 32.7 Å². The molecule has 1 N–H and O–H groups in total. The predicted octanol–water partition coefficient (Wildman–Crippen LogP) is 2.79. The minimum absolute atomic E-state index is 0.154. The number of nitrogens with one attached hydrogen (secondary N) is 1. The van der Waals surface area contributed by atoms with E-state index in [1.165, 1.54) is 5.56 Å². The Morgan fingerprint density at radius 2 is 1.68 bits per heavy atom. The van der Waals surface area contributed by atoms with E-state index in [-0.39, 0.29) is 17.7 Å². The summed E-state index contributed by atoms with van der Waals surface area (Å²) in [6.45, 7) is 17.7. The third-order valence-electron chi connectivity index (χ3n) is 5.79. The lowest BCUT2D eigenvalue weighted by atomic mass is 9.97. The summed E-state index contributed by atoms with van der Waals surface area (Å²) in [6, 6.07) is 8.39. The monoisotopic (exact) mass is 383 g/mol. The van der Waals surface area contributed by atoms with Crippen molar-refractivity contribution in [3.63, 3.8) is 0 Å². The molecule has 1 saturated heterocycles. The van der Waals surface area contributed by atoms with Crippen molar-refractivity contribution >= 4 is 5.91 Å². The van der Waals surface area contributed by atoms with Crippen LogP contribution in [-0.2, 0) is 0 Å². The van der Waals surface area contributed by atoms with Gasteiger partial charge in [0.1, 0.15) is 0 Å². The molecule has 0 bridgehead atoms. The molecule has 0 radical (unpaired) electrons. The highest BCUT2D eigenvalue weighted by molar-refractivity contribution is 5.97. The Bertz CT molecular complexity index is 812. The first kappa shape index (κ1) is 20.6. The van der Waals surface area contributed by atoms with Crippen LogP contribution < -0.4 is 4.90 Å². The standard InChI is InChI=1S/C23H34N4O/c1-7-25-12-14-26(15-13-25)23(28)20-21(16(2)3)24-27(22(20)17(4)5)19-10-8-18(6)9-11-19/h8-11,16-17H,7,12-15H2,1-6H3/p+1. The van der Waals surface area contributed by atoms with Crippen LogP contribution in [-0.4, -0.2) is 53.3 Å². The van der Waals surface area contributed by atoms with E-state index in [4.69, 9.17) is 5.10 Å². The fourth-order valence-corrected chi connectivity index (χ4v) is 4.03. The van der Waals surface area contributed by atoms with Gasteiger partial charge in [0.2, 0.25) is 0 Å². The minimum Gasteiger partial charge on any atom is -0.332 e. The summed E-state index contributed by atoms with van der Waals surface area (Å²) < 4.78 is 2.00. The number of piperazine rings is 1. The fraction of sp³-hybridized carbons (Fsp3) is 0.565. The molecule has 0 aliphatic carbocycles. The molecule has 1 aliphatic heterocycles. The summed E-state index contributed by atoms with van der Waals surface area (Å²) in [5.41, 5.74) is 5.02. The maximum atomic E-state index is 13.6. The van der Waals surface area contributed by atoms with Gasteiger partial charge in [-0.1, -0.05) is 45.4 Å². The van der Waals surface area contributed by atoms with Crippen molar-refractivity contribution in [1.29, 1.82) is 0 Å². The second-order valence-corrected chi connectivity index (χ2v) is 8.60. The van der Waals surface area contributed by atoms with Gasteiger partial charge in [0, 0.05) is 0 Å². The molecule has 5 heteroatoms. The van der Waals surface area contributed by atoms with E-state index in [9.17, 15) is 4.79 Å². The first-order valence-electron chi connectivity index (χ1n) is 10.7. The van der Waals surface area contributed by atoms with Gasteiger partial charge in [-0.25, -0.2) is 4.68 Å². The number of aryl methyl sites for hydroxylation is 1. The van der Waals surface area contributed by atoms with Crippen molar-refractivity contribution in [2.24, 2.45) is 0 Å². The highest BCUT2D eigenvalue weighted by Gasteiger charge is 2.32. The number of likely N-dealkylation sites (N-methyl/N-ethyl adjacent to an activating group) is 1. The van der Waals surface area contributed by atoms with Crippen molar-refractivity contribution in [2.45, 2.75) is 53.4 Å². The van der Waals surface area contributed by atoms with Crippen LogP contribution in [0.15, 0.2) is 24.3 Å². The smallest absolute Gasteiger partial charge is 0.258 e. The summed E-state index contributed by atoms with van der Waals surface area (Å²) in [7, 11) is 0. The van der Waals surface area contributed by atoms with Crippen LogP contribution in [0.1, 0.15) is 73.8 Å². The number of amides is 1. The van der Waals surface area contributed by atoms with Gasteiger partial charge in [0.05, 0.1) is 55.4 Å². The molecule has 1 aliphatic rings. The first-order valence-corrected chi connectivity index (χ1v) is 10.7. The van der Waals surface area contributed by atoms with Gasteiger partial charge < -0.3 is 9.80 Å². The van der Waals surface area contributed by atoms with E-state index in [0.717, 1.165) is 55.4 Å². The topological polar surface area (TPSA) is 42.6 Å². The lowest BCUT2D eigenvalue weighted by Crippen LogP contribution is -3.14. The average molecular weight is 384 g/mol. The highest BCUT2D eigenvalue weighted by atomic mass is 16.2. The SMILES string of the molecule is CC[NH+]1CCN(C(=O)c2c(C(C)C)nn(-c3ccc(C)cc3)c2C(C)C)CC1. The molecule has 1 aromatic carbocycles. The van der Waals surface area contributed by atoms with Gasteiger partial charge in [-0.15, -0.1) is 0 Å². The molecule has 3 rings (SSSR count). The Kier molecular flexibility index (Phi) is 6.23. The molecular weight excluding hydrogens is 348 g/mol. The van der Waals surface area contributed by atoms with Crippen molar-refractivity contribution in [1.82, 2.24) is 14.7 Å².